The fraction of sp³-hybridized carbons (Fsp3) is 0.750. The molecule has 0 aromatic carbocycles. The average molecular weight is 408 g/mol. The van der Waals surface area contributed by atoms with E-state index in [1.54, 1.807) is 7.05 Å². The van der Waals surface area contributed by atoms with Crippen LogP contribution in [0, 0.1) is 5.92 Å². The molecule has 2 aliphatic rings. The zero-order valence-corrected chi connectivity index (χ0v) is 18.1. The van der Waals surface area contributed by atoms with Crippen LogP contribution < -0.4 is 10.6 Å². The molecule has 0 spiro atoms. The monoisotopic (exact) mass is 407 g/mol. The van der Waals surface area contributed by atoms with Gasteiger partial charge in [0.2, 0.25) is 5.91 Å². The zero-order chi connectivity index (χ0) is 19.9. The molecule has 1 aliphatic carbocycles. The van der Waals surface area contributed by atoms with Gasteiger partial charge in [0, 0.05) is 49.7 Å². The van der Waals surface area contributed by atoms with Gasteiger partial charge in [-0.1, -0.05) is 19.0 Å². The van der Waals surface area contributed by atoms with E-state index in [2.05, 4.69) is 39.5 Å². The minimum atomic E-state index is 0.194. The molecule has 1 amide bonds. The lowest BCUT2D eigenvalue weighted by Crippen LogP contribution is -2.47. The van der Waals surface area contributed by atoms with E-state index in [4.69, 9.17) is 4.52 Å². The van der Waals surface area contributed by atoms with Crippen molar-refractivity contribution in [2.45, 2.75) is 58.0 Å². The van der Waals surface area contributed by atoms with Crippen LogP contribution in [0.5, 0.6) is 0 Å². The maximum Gasteiger partial charge on any atom is 0.225 e. The summed E-state index contributed by atoms with van der Waals surface area (Å²) in [6, 6.07) is 2.34. The third-order valence-electron chi connectivity index (χ3n) is 5.56. The maximum absolute atomic E-state index is 12.7. The van der Waals surface area contributed by atoms with Crippen molar-refractivity contribution >= 4 is 23.6 Å². The maximum atomic E-state index is 12.7. The number of carbonyl (C=O) groups excluding carboxylic acids is 1. The normalized spacial score (nSPS) is 23.7. The number of hydrogen-bond acceptors (Lipinski definition) is 5. The van der Waals surface area contributed by atoms with E-state index in [0.29, 0.717) is 24.4 Å². The number of carbonyl (C=O) groups is 1. The van der Waals surface area contributed by atoms with Gasteiger partial charge >= 0.3 is 0 Å². The number of aromatic nitrogens is 1. The fourth-order valence-corrected chi connectivity index (χ4v) is 4.67. The summed E-state index contributed by atoms with van der Waals surface area (Å²) in [5.41, 5.74) is 0.968. The first kappa shape index (κ1) is 21.0. The molecule has 2 fully saturated rings. The third kappa shape index (κ3) is 5.65. The second-order valence-electron chi connectivity index (χ2n) is 7.93. The summed E-state index contributed by atoms with van der Waals surface area (Å²) in [7, 11) is 1.78. The Bertz CT molecular complexity index is 661. The topological polar surface area (TPSA) is 82.8 Å². The predicted molar refractivity (Wildman–Crippen MR) is 114 cm³/mol. The standard InChI is InChI=1S/C20H33N5O2S/c1-14(2)18-12-17(27-24-18)13-22-20(21-3)23-16-6-4-15(5-7-16)19(26)25-8-10-28-11-9-25/h12,14-16H,4-11,13H2,1-3H3,(H2,21,22,23). The molecule has 7 nitrogen and oxygen atoms in total. The summed E-state index contributed by atoms with van der Waals surface area (Å²) in [5.74, 6) is 4.65. The van der Waals surface area contributed by atoms with E-state index in [1.165, 1.54) is 0 Å². The summed E-state index contributed by atoms with van der Waals surface area (Å²) in [5, 5.41) is 10.9. The first-order chi connectivity index (χ1) is 13.6. The van der Waals surface area contributed by atoms with Gasteiger partial charge in [0.1, 0.15) is 0 Å². The van der Waals surface area contributed by atoms with Gasteiger partial charge in [0.25, 0.3) is 0 Å². The SMILES string of the molecule is CN=C(NCc1cc(C(C)C)no1)NC1CCC(C(=O)N2CCSCC2)CC1. The van der Waals surface area contributed by atoms with Crippen LogP contribution in [0.15, 0.2) is 15.6 Å². The molecule has 2 N–H and O–H groups in total. The Morgan fingerprint density at radius 3 is 2.64 bits per heavy atom. The van der Waals surface area contributed by atoms with Gasteiger partial charge in [0.05, 0.1) is 12.2 Å². The Morgan fingerprint density at radius 2 is 2.04 bits per heavy atom. The van der Waals surface area contributed by atoms with E-state index in [9.17, 15) is 4.79 Å². The van der Waals surface area contributed by atoms with E-state index in [-0.39, 0.29) is 5.92 Å². The fourth-order valence-electron chi connectivity index (χ4n) is 3.77. The lowest BCUT2D eigenvalue weighted by Gasteiger charge is -2.34. The predicted octanol–water partition coefficient (Wildman–Crippen LogP) is 2.60. The lowest BCUT2D eigenvalue weighted by atomic mass is 9.85. The van der Waals surface area contributed by atoms with Crippen LogP contribution in [0.25, 0.3) is 0 Å². The molecular weight excluding hydrogens is 374 g/mol. The number of hydrogen-bond donors (Lipinski definition) is 2. The van der Waals surface area contributed by atoms with Crippen LogP contribution in [0.2, 0.25) is 0 Å². The van der Waals surface area contributed by atoms with E-state index < -0.39 is 0 Å². The van der Waals surface area contributed by atoms with E-state index in [0.717, 1.165) is 67.7 Å². The molecule has 156 valence electrons. The summed E-state index contributed by atoms with van der Waals surface area (Å²) in [6.07, 6.45) is 3.91. The Kier molecular flexibility index (Phi) is 7.65. The number of amides is 1. The zero-order valence-electron chi connectivity index (χ0n) is 17.2. The van der Waals surface area contributed by atoms with Gasteiger partial charge < -0.3 is 20.1 Å². The molecule has 1 saturated carbocycles. The van der Waals surface area contributed by atoms with Crippen molar-refractivity contribution in [1.82, 2.24) is 20.7 Å². The van der Waals surface area contributed by atoms with Crippen molar-refractivity contribution in [2.24, 2.45) is 10.9 Å². The highest BCUT2D eigenvalue weighted by Gasteiger charge is 2.30. The number of thioether (sulfide) groups is 1. The van der Waals surface area contributed by atoms with Crippen LogP contribution in [0.3, 0.4) is 0 Å². The number of rotatable bonds is 5. The molecule has 8 heteroatoms. The molecule has 1 aromatic rings. The smallest absolute Gasteiger partial charge is 0.225 e. The molecule has 1 saturated heterocycles. The molecule has 0 unspecified atom stereocenters. The molecule has 0 atom stereocenters. The number of nitrogens with zero attached hydrogens (tertiary/aromatic N) is 3. The quantitative estimate of drug-likeness (QED) is 0.577. The van der Waals surface area contributed by atoms with Crippen LogP contribution in [0.1, 0.15) is 56.9 Å². The molecule has 3 rings (SSSR count). The lowest BCUT2D eigenvalue weighted by molar-refractivity contribution is -0.136. The Hall–Kier alpha value is -1.70. The van der Waals surface area contributed by atoms with E-state index >= 15 is 0 Å². The first-order valence-electron chi connectivity index (χ1n) is 10.4. The molecular formula is C20H33N5O2S. The van der Waals surface area contributed by atoms with Gasteiger partial charge in [-0.15, -0.1) is 0 Å². The minimum absolute atomic E-state index is 0.194. The van der Waals surface area contributed by atoms with Gasteiger partial charge in [0.15, 0.2) is 11.7 Å². The largest absolute Gasteiger partial charge is 0.359 e. The van der Waals surface area contributed by atoms with E-state index in [1.807, 2.05) is 17.8 Å². The number of aliphatic imine (C=N–C) groups is 1. The minimum Gasteiger partial charge on any atom is -0.359 e. The highest BCUT2D eigenvalue weighted by molar-refractivity contribution is 7.99. The molecule has 28 heavy (non-hydrogen) atoms. The average Bonchev–Trinajstić information content (AvgIpc) is 3.21. The molecule has 0 bridgehead atoms. The Balaban J connectivity index is 1.41. The van der Waals surface area contributed by atoms with Crippen LogP contribution in [-0.4, -0.2) is 59.6 Å². The second kappa shape index (κ2) is 10.2. The van der Waals surface area contributed by atoms with Crippen molar-refractivity contribution in [3.8, 4) is 0 Å². The summed E-state index contributed by atoms with van der Waals surface area (Å²) >= 11 is 1.94. The molecule has 1 aromatic heterocycles. The van der Waals surface area contributed by atoms with Gasteiger partial charge in [-0.2, -0.15) is 11.8 Å². The van der Waals surface area contributed by atoms with Crippen molar-refractivity contribution in [3.05, 3.63) is 17.5 Å². The van der Waals surface area contributed by atoms with Crippen LogP contribution in [0.4, 0.5) is 0 Å². The number of guanidine groups is 1. The van der Waals surface area contributed by atoms with Crippen LogP contribution in [-0.2, 0) is 11.3 Å². The van der Waals surface area contributed by atoms with Gasteiger partial charge in [-0.05, 0) is 31.6 Å². The second-order valence-corrected chi connectivity index (χ2v) is 9.15. The number of nitrogens with one attached hydrogen (secondary N) is 2. The van der Waals surface area contributed by atoms with Crippen molar-refractivity contribution < 1.29 is 9.32 Å². The first-order valence-corrected chi connectivity index (χ1v) is 11.5. The van der Waals surface area contributed by atoms with Crippen molar-refractivity contribution in [1.29, 1.82) is 0 Å². The van der Waals surface area contributed by atoms with Crippen molar-refractivity contribution in [3.63, 3.8) is 0 Å². The summed E-state index contributed by atoms with van der Waals surface area (Å²) < 4.78 is 5.37. The molecule has 0 radical (unpaired) electrons. The Labute approximate surface area is 172 Å². The highest BCUT2D eigenvalue weighted by atomic mass is 32.2. The van der Waals surface area contributed by atoms with Gasteiger partial charge in [-0.25, -0.2) is 0 Å². The summed E-state index contributed by atoms with van der Waals surface area (Å²) in [4.78, 5) is 19.1. The van der Waals surface area contributed by atoms with Crippen molar-refractivity contribution in [2.75, 3.05) is 31.6 Å². The third-order valence-corrected chi connectivity index (χ3v) is 6.50. The summed E-state index contributed by atoms with van der Waals surface area (Å²) in [6.45, 7) is 6.58. The molecule has 2 heterocycles. The van der Waals surface area contributed by atoms with Crippen LogP contribution >= 0.6 is 11.8 Å². The molecule has 1 aliphatic heterocycles. The Morgan fingerprint density at radius 1 is 1.32 bits per heavy atom. The highest BCUT2D eigenvalue weighted by Crippen LogP contribution is 2.27. The van der Waals surface area contributed by atoms with Gasteiger partial charge in [-0.3, -0.25) is 9.79 Å².